The number of anilines is 2. The molecule has 0 saturated carbocycles. The van der Waals surface area contributed by atoms with E-state index >= 15 is 0 Å². The maximum Gasteiger partial charge on any atom is 0.255 e. The molecule has 0 aromatic heterocycles. The smallest absolute Gasteiger partial charge is 0.255 e. The first kappa shape index (κ1) is 27.6. The minimum absolute atomic E-state index is 0.0476. The normalized spacial score (nSPS) is 11.5. The second-order valence-corrected chi connectivity index (χ2v) is 9.75. The van der Waals surface area contributed by atoms with Crippen LogP contribution in [0.1, 0.15) is 46.3 Å². The van der Waals surface area contributed by atoms with Crippen molar-refractivity contribution < 1.29 is 14.0 Å². The highest BCUT2D eigenvalue weighted by molar-refractivity contribution is 6.04. The van der Waals surface area contributed by atoms with Crippen LogP contribution in [0.2, 0.25) is 0 Å². The summed E-state index contributed by atoms with van der Waals surface area (Å²) in [5.74, 6) is -1.09. The van der Waals surface area contributed by atoms with Crippen molar-refractivity contribution >= 4 is 23.2 Å². The molecule has 0 radical (unpaired) electrons. The number of nitrogens with one attached hydrogen (secondary N) is 1. The Kier molecular flexibility index (Phi) is 9.10. The second kappa shape index (κ2) is 12.9. The van der Waals surface area contributed by atoms with E-state index < -0.39 is 11.7 Å². The van der Waals surface area contributed by atoms with Crippen molar-refractivity contribution in [3.05, 3.63) is 131 Å². The first-order chi connectivity index (χ1) is 18.9. The molecule has 0 bridgehead atoms. The first-order valence-electron chi connectivity index (χ1n) is 13.1. The van der Waals surface area contributed by atoms with Gasteiger partial charge in [0.2, 0.25) is 5.91 Å². The molecule has 1 N–H and O–H groups in total. The summed E-state index contributed by atoms with van der Waals surface area (Å²) in [6.45, 7) is 2.84. The van der Waals surface area contributed by atoms with Gasteiger partial charge in [-0.15, -0.1) is 0 Å². The summed E-state index contributed by atoms with van der Waals surface area (Å²) >= 11 is 0. The van der Waals surface area contributed by atoms with Crippen LogP contribution in [0.3, 0.4) is 0 Å². The molecule has 4 aromatic rings. The van der Waals surface area contributed by atoms with E-state index in [2.05, 4.69) is 5.32 Å². The molecule has 0 spiro atoms. The molecule has 6 heteroatoms. The minimum Gasteiger partial charge on any atom is -0.377 e. The Labute approximate surface area is 229 Å². The number of carbonyl (C=O) groups excluding carboxylic acids is 2. The fraction of sp³-hybridized carbons (Fsp3) is 0.212. The highest BCUT2D eigenvalue weighted by Crippen LogP contribution is 2.29. The summed E-state index contributed by atoms with van der Waals surface area (Å²) in [6.07, 6.45) is 0.679. The number of amides is 2. The summed E-state index contributed by atoms with van der Waals surface area (Å²) in [5.41, 5.74) is 4.68. The average Bonchev–Trinajstić information content (AvgIpc) is 2.94. The Morgan fingerprint density at radius 1 is 0.821 bits per heavy atom. The van der Waals surface area contributed by atoms with E-state index in [1.807, 2.05) is 110 Å². The topological polar surface area (TPSA) is 52.7 Å². The van der Waals surface area contributed by atoms with Crippen LogP contribution in [0.25, 0.3) is 0 Å². The minimum atomic E-state index is -0.467. The van der Waals surface area contributed by atoms with E-state index in [-0.39, 0.29) is 17.4 Å². The van der Waals surface area contributed by atoms with Crippen molar-refractivity contribution in [3.8, 4) is 0 Å². The lowest BCUT2D eigenvalue weighted by molar-refractivity contribution is -0.134. The van der Waals surface area contributed by atoms with Gasteiger partial charge in [-0.2, -0.15) is 0 Å². The van der Waals surface area contributed by atoms with Gasteiger partial charge in [0, 0.05) is 44.1 Å². The number of nitrogens with zero attached hydrogens (tertiary/aromatic N) is 2. The molecule has 0 aliphatic rings. The number of rotatable bonds is 10. The van der Waals surface area contributed by atoms with Crippen molar-refractivity contribution in [1.82, 2.24) is 4.90 Å². The number of hydrogen-bond acceptors (Lipinski definition) is 3. The van der Waals surface area contributed by atoms with Crippen LogP contribution < -0.4 is 10.2 Å². The molecule has 0 fully saturated rings. The van der Waals surface area contributed by atoms with Crippen molar-refractivity contribution in [3.63, 3.8) is 0 Å². The van der Waals surface area contributed by atoms with E-state index in [1.165, 1.54) is 18.2 Å². The number of carbonyl (C=O) groups is 2. The standard InChI is InChI=1S/C33H34FN3O2/c1-4-30(25-14-9-6-10-15-25)33(39)37(22-24-12-7-5-8-13-24)23-27-21-29(18-19-31(27)36(2)3)35-32(38)26-16-11-17-28(34)20-26/h5-21,30H,4,22-23H2,1-3H3,(H,35,38)/t30-/m1/s1. The van der Waals surface area contributed by atoms with Gasteiger partial charge in [-0.1, -0.05) is 73.7 Å². The summed E-state index contributed by atoms with van der Waals surface area (Å²) in [7, 11) is 3.90. The molecule has 2 amide bonds. The summed E-state index contributed by atoms with van der Waals surface area (Å²) in [5, 5.41) is 2.88. The number of benzene rings is 4. The molecule has 4 aromatic carbocycles. The third kappa shape index (κ3) is 7.11. The lowest BCUT2D eigenvalue weighted by Crippen LogP contribution is -2.34. The summed E-state index contributed by atoms with van der Waals surface area (Å²) in [6, 6.07) is 31.0. The average molecular weight is 524 g/mol. The fourth-order valence-corrected chi connectivity index (χ4v) is 4.74. The van der Waals surface area contributed by atoms with Crippen molar-refractivity contribution in [2.75, 3.05) is 24.3 Å². The molecular weight excluding hydrogens is 489 g/mol. The first-order valence-corrected chi connectivity index (χ1v) is 13.1. The monoisotopic (exact) mass is 523 g/mol. The molecule has 200 valence electrons. The Morgan fingerprint density at radius 3 is 2.15 bits per heavy atom. The molecule has 0 aliphatic carbocycles. The Bertz CT molecular complexity index is 1410. The third-order valence-electron chi connectivity index (χ3n) is 6.70. The van der Waals surface area contributed by atoms with Gasteiger partial charge in [-0.3, -0.25) is 9.59 Å². The van der Waals surface area contributed by atoms with Crippen LogP contribution in [-0.2, 0) is 17.9 Å². The third-order valence-corrected chi connectivity index (χ3v) is 6.70. The lowest BCUT2D eigenvalue weighted by Gasteiger charge is -2.29. The SMILES string of the molecule is CC[C@@H](C(=O)N(Cc1ccccc1)Cc1cc(NC(=O)c2cccc(F)c2)ccc1N(C)C)c1ccccc1. The molecule has 0 unspecified atom stereocenters. The number of hydrogen-bond donors (Lipinski definition) is 1. The van der Waals surface area contributed by atoms with Gasteiger partial charge in [-0.25, -0.2) is 4.39 Å². The Balaban J connectivity index is 1.67. The zero-order valence-corrected chi connectivity index (χ0v) is 22.6. The Morgan fingerprint density at radius 2 is 1.51 bits per heavy atom. The molecule has 0 saturated heterocycles. The number of halogens is 1. The van der Waals surface area contributed by atoms with E-state index in [4.69, 9.17) is 0 Å². The quantitative estimate of drug-likeness (QED) is 0.247. The molecule has 0 heterocycles. The van der Waals surface area contributed by atoms with Crippen LogP contribution >= 0.6 is 0 Å². The van der Waals surface area contributed by atoms with E-state index in [9.17, 15) is 14.0 Å². The van der Waals surface area contributed by atoms with Gasteiger partial charge >= 0.3 is 0 Å². The van der Waals surface area contributed by atoms with Crippen LogP contribution in [-0.4, -0.2) is 30.8 Å². The van der Waals surface area contributed by atoms with E-state index in [0.717, 1.165) is 22.4 Å². The van der Waals surface area contributed by atoms with Gasteiger partial charge in [0.05, 0.1) is 5.92 Å². The van der Waals surface area contributed by atoms with Crippen LogP contribution in [0.15, 0.2) is 103 Å². The van der Waals surface area contributed by atoms with E-state index in [1.54, 1.807) is 6.07 Å². The highest BCUT2D eigenvalue weighted by Gasteiger charge is 2.26. The lowest BCUT2D eigenvalue weighted by atomic mass is 9.94. The molecule has 4 rings (SSSR count). The second-order valence-electron chi connectivity index (χ2n) is 9.75. The van der Waals surface area contributed by atoms with Crippen LogP contribution in [0, 0.1) is 5.82 Å². The van der Waals surface area contributed by atoms with Crippen molar-refractivity contribution in [2.24, 2.45) is 0 Å². The summed E-state index contributed by atoms with van der Waals surface area (Å²) in [4.78, 5) is 30.7. The zero-order chi connectivity index (χ0) is 27.8. The van der Waals surface area contributed by atoms with Gasteiger partial charge in [0.25, 0.3) is 5.91 Å². The molecule has 0 aliphatic heterocycles. The van der Waals surface area contributed by atoms with Crippen molar-refractivity contribution in [2.45, 2.75) is 32.4 Å². The zero-order valence-electron chi connectivity index (χ0n) is 22.6. The van der Waals surface area contributed by atoms with Crippen molar-refractivity contribution in [1.29, 1.82) is 0 Å². The fourth-order valence-electron chi connectivity index (χ4n) is 4.74. The highest BCUT2D eigenvalue weighted by atomic mass is 19.1. The van der Waals surface area contributed by atoms with Gasteiger partial charge < -0.3 is 15.1 Å². The van der Waals surface area contributed by atoms with Gasteiger partial charge in [-0.05, 0) is 59.5 Å². The summed E-state index contributed by atoms with van der Waals surface area (Å²) < 4.78 is 13.7. The largest absolute Gasteiger partial charge is 0.377 e. The molecule has 5 nitrogen and oxygen atoms in total. The maximum absolute atomic E-state index is 14.1. The Hall–Kier alpha value is -4.45. The molecule has 39 heavy (non-hydrogen) atoms. The van der Waals surface area contributed by atoms with Crippen LogP contribution in [0.4, 0.5) is 15.8 Å². The maximum atomic E-state index is 14.1. The predicted octanol–water partition coefficient (Wildman–Crippen LogP) is 6.87. The van der Waals surface area contributed by atoms with E-state index in [0.29, 0.717) is 25.2 Å². The van der Waals surface area contributed by atoms with Crippen LogP contribution in [0.5, 0.6) is 0 Å². The predicted molar refractivity (Wildman–Crippen MR) is 155 cm³/mol. The van der Waals surface area contributed by atoms with Gasteiger partial charge in [0.15, 0.2) is 0 Å². The van der Waals surface area contributed by atoms with Gasteiger partial charge in [0.1, 0.15) is 5.82 Å². The molecular formula is C33H34FN3O2. The molecule has 1 atom stereocenters.